The molecule has 2 amide bonds. The number of thioether (sulfide) groups is 1. The molecule has 0 aliphatic carbocycles. The van der Waals surface area contributed by atoms with E-state index in [0.29, 0.717) is 13.0 Å². The van der Waals surface area contributed by atoms with Crippen molar-refractivity contribution in [2.24, 2.45) is 0 Å². The Morgan fingerprint density at radius 2 is 2.32 bits per heavy atom. The van der Waals surface area contributed by atoms with Crippen LogP contribution in [0.15, 0.2) is 17.5 Å². The van der Waals surface area contributed by atoms with Crippen molar-refractivity contribution < 1.29 is 19.5 Å². The van der Waals surface area contributed by atoms with E-state index in [0.717, 1.165) is 16.6 Å². The number of carboxylic acids is 1. The van der Waals surface area contributed by atoms with Crippen LogP contribution in [-0.2, 0) is 20.9 Å². The van der Waals surface area contributed by atoms with Crippen molar-refractivity contribution in [2.75, 3.05) is 11.5 Å². The average molecular weight is 302 g/mol. The zero-order chi connectivity index (χ0) is 14.1. The SMILES string of the molecule is O=CNC(CSCC(=O)NCc1cccs1)C(=O)O. The largest absolute Gasteiger partial charge is 0.480 e. The van der Waals surface area contributed by atoms with Gasteiger partial charge in [-0.25, -0.2) is 4.79 Å². The van der Waals surface area contributed by atoms with Gasteiger partial charge in [0.15, 0.2) is 0 Å². The second-order valence-electron chi connectivity index (χ2n) is 3.55. The number of rotatable bonds is 9. The second kappa shape index (κ2) is 8.54. The summed E-state index contributed by atoms with van der Waals surface area (Å²) in [6.45, 7) is 0.478. The molecule has 0 radical (unpaired) electrons. The quantitative estimate of drug-likeness (QED) is 0.570. The summed E-state index contributed by atoms with van der Waals surface area (Å²) in [5.74, 6) is -0.955. The van der Waals surface area contributed by atoms with E-state index in [1.165, 1.54) is 0 Å². The van der Waals surface area contributed by atoms with Crippen LogP contribution in [0.3, 0.4) is 0 Å². The Balaban J connectivity index is 2.18. The highest BCUT2D eigenvalue weighted by Gasteiger charge is 2.16. The summed E-state index contributed by atoms with van der Waals surface area (Å²) in [7, 11) is 0. The summed E-state index contributed by atoms with van der Waals surface area (Å²) in [5.41, 5.74) is 0. The van der Waals surface area contributed by atoms with Crippen LogP contribution in [-0.4, -0.2) is 40.9 Å². The number of hydrogen-bond acceptors (Lipinski definition) is 5. The van der Waals surface area contributed by atoms with Gasteiger partial charge in [-0.1, -0.05) is 6.07 Å². The molecule has 8 heteroatoms. The third-order valence-corrected chi connectivity index (χ3v) is 4.04. The van der Waals surface area contributed by atoms with Crippen molar-refractivity contribution in [3.63, 3.8) is 0 Å². The molecule has 1 aromatic heterocycles. The second-order valence-corrected chi connectivity index (χ2v) is 5.61. The zero-order valence-electron chi connectivity index (χ0n) is 10.00. The maximum atomic E-state index is 11.5. The predicted octanol–water partition coefficient (Wildman–Crippen LogP) is 0.297. The Hall–Kier alpha value is -1.54. The van der Waals surface area contributed by atoms with Crippen LogP contribution in [0.5, 0.6) is 0 Å². The summed E-state index contributed by atoms with van der Waals surface area (Å²) in [6, 6.07) is 2.86. The van der Waals surface area contributed by atoms with Crippen LogP contribution >= 0.6 is 23.1 Å². The number of nitrogens with one attached hydrogen (secondary N) is 2. The number of hydrogen-bond donors (Lipinski definition) is 3. The summed E-state index contributed by atoms with van der Waals surface area (Å²) < 4.78 is 0. The van der Waals surface area contributed by atoms with E-state index >= 15 is 0 Å². The molecular weight excluding hydrogens is 288 g/mol. The topological polar surface area (TPSA) is 95.5 Å². The first kappa shape index (κ1) is 15.5. The van der Waals surface area contributed by atoms with E-state index in [-0.39, 0.29) is 17.4 Å². The Labute approximate surface area is 118 Å². The number of aliphatic carboxylic acids is 1. The van der Waals surface area contributed by atoms with Crippen molar-refractivity contribution in [3.05, 3.63) is 22.4 Å². The molecule has 1 rings (SSSR count). The third-order valence-electron chi connectivity index (χ3n) is 2.12. The van der Waals surface area contributed by atoms with Crippen LogP contribution in [0.2, 0.25) is 0 Å². The Bertz CT molecular complexity index is 422. The first-order valence-corrected chi connectivity index (χ1v) is 7.46. The minimum Gasteiger partial charge on any atom is -0.480 e. The lowest BCUT2D eigenvalue weighted by molar-refractivity contribution is -0.139. The third kappa shape index (κ3) is 6.25. The molecule has 19 heavy (non-hydrogen) atoms. The maximum absolute atomic E-state index is 11.5. The molecule has 3 N–H and O–H groups in total. The lowest BCUT2D eigenvalue weighted by atomic mass is 10.3. The molecule has 0 saturated carbocycles. The van der Waals surface area contributed by atoms with Gasteiger partial charge >= 0.3 is 5.97 Å². The summed E-state index contributed by atoms with van der Waals surface area (Å²) in [4.78, 5) is 33.4. The van der Waals surface area contributed by atoms with Crippen LogP contribution in [0.1, 0.15) is 4.88 Å². The molecule has 0 fully saturated rings. The van der Waals surface area contributed by atoms with Gasteiger partial charge in [-0.15, -0.1) is 23.1 Å². The fourth-order valence-corrected chi connectivity index (χ4v) is 2.72. The van der Waals surface area contributed by atoms with E-state index in [2.05, 4.69) is 10.6 Å². The highest BCUT2D eigenvalue weighted by Crippen LogP contribution is 2.08. The van der Waals surface area contributed by atoms with Gasteiger partial charge in [0.2, 0.25) is 12.3 Å². The summed E-state index contributed by atoms with van der Waals surface area (Å²) >= 11 is 2.72. The molecule has 1 heterocycles. The number of amides is 2. The molecule has 0 bridgehead atoms. The minimum atomic E-state index is -1.11. The van der Waals surface area contributed by atoms with Crippen LogP contribution in [0.25, 0.3) is 0 Å². The average Bonchev–Trinajstić information content (AvgIpc) is 2.88. The van der Waals surface area contributed by atoms with Gasteiger partial charge in [-0.05, 0) is 11.4 Å². The van der Waals surface area contributed by atoms with Gasteiger partial charge in [0, 0.05) is 10.6 Å². The van der Waals surface area contributed by atoms with Crippen LogP contribution in [0.4, 0.5) is 0 Å². The molecule has 0 spiro atoms. The fourth-order valence-electron chi connectivity index (χ4n) is 1.19. The standard InChI is InChI=1S/C11H14N2O4S2/c14-7-13-9(11(16)17)5-18-6-10(15)12-4-8-2-1-3-19-8/h1-3,7,9H,4-6H2,(H,12,15)(H,13,14)(H,16,17). The Morgan fingerprint density at radius 3 is 2.89 bits per heavy atom. The van der Waals surface area contributed by atoms with Gasteiger partial charge in [0.05, 0.1) is 12.3 Å². The van der Waals surface area contributed by atoms with E-state index < -0.39 is 12.0 Å². The molecule has 1 unspecified atom stereocenters. The summed E-state index contributed by atoms with van der Waals surface area (Å²) in [5, 5.41) is 15.6. The molecule has 1 aromatic rings. The maximum Gasteiger partial charge on any atom is 0.327 e. The van der Waals surface area contributed by atoms with Crippen molar-refractivity contribution in [1.82, 2.24) is 10.6 Å². The highest BCUT2D eigenvalue weighted by molar-refractivity contribution is 8.00. The first-order chi connectivity index (χ1) is 9.13. The van der Waals surface area contributed by atoms with Gasteiger partial charge in [0.25, 0.3) is 0 Å². The molecule has 0 aromatic carbocycles. The predicted molar refractivity (Wildman–Crippen MR) is 74.1 cm³/mol. The van der Waals surface area contributed by atoms with Crippen molar-refractivity contribution in [1.29, 1.82) is 0 Å². The van der Waals surface area contributed by atoms with Crippen molar-refractivity contribution in [2.45, 2.75) is 12.6 Å². The number of carboxylic acid groups (broad SMARTS) is 1. The molecule has 0 aliphatic heterocycles. The molecular formula is C11H14N2O4S2. The normalized spacial score (nSPS) is 11.6. The summed E-state index contributed by atoms with van der Waals surface area (Å²) in [6.07, 6.45) is 0.343. The molecule has 0 aliphatic rings. The van der Waals surface area contributed by atoms with E-state index in [1.54, 1.807) is 11.3 Å². The van der Waals surface area contributed by atoms with Gasteiger partial charge in [-0.3, -0.25) is 9.59 Å². The number of thiophene rings is 1. The molecule has 104 valence electrons. The van der Waals surface area contributed by atoms with Crippen LogP contribution < -0.4 is 10.6 Å². The monoisotopic (exact) mass is 302 g/mol. The van der Waals surface area contributed by atoms with Crippen LogP contribution in [0, 0.1) is 0 Å². The van der Waals surface area contributed by atoms with E-state index in [1.807, 2.05) is 17.5 Å². The van der Waals surface area contributed by atoms with Gasteiger partial charge < -0.3 is 15.7 Å². The lowest BCUT2D eigenvalue weighted by Gasteiger charge is -2.10. The van der Waals surface area contributed by atoms with E-state index in [9.17, 15) is 14.4 Å². The lowest BCUT2D eigenvalue weighted by Crippen LogP contribution is -2.38. The molecule has 0 saturated heterocycles. The van der Waals surface area contributed by atoms with Gasteiger partial charge in [0.1, 0.15) is 6.04 Å². The van der Waals surface area contributed by atoms with Gasteiger partial charge in [-0.2, -0.15) is 0 Å². The Kier molecular flexibility index (Phi) is 6.98. The highest BCUT2D eigenvalue weighted by atomic mass is 32.2. The first-order valence-electron chi connectivity index (χ1n) is 5.43. The molecule has 1 atom stereocenters. The number of carbonyl (C=O) groups excluding carboxylic acids is 2. The van der Waals surface area contributed by atoms with E-state index in [4.69, 9.17) is 5.11 Å². The fraction of sp³-hybridized carbons (Fsp3) is 0.364. The van der Waals surface area contributed by atoms with Crippen molar-refractivity contribution in [3.8, 4) is 0 Å². The smallest absolute Gasteiger partial charge is 0.327 e. The molecule has 6 nitrogen and oxygen atoms in total. The van der Waals surface area contributed by atoms with Crippen molar-refractivity contribution >= 4 is 41.4 Å². The Morgan fingerprint density at radius 1 is 1.53 bits per heavy atom. The zero-order valence-corrected chi connectivity index (χ0v) is 11.6. The number of carbonyl (C=O) groups is 3. The minimum absolute atomic E-state index is 0.153.